The average molecular weight is 112 g/mol. The van der Waals surface area contributed by atoms with Crippen molar-refractivity contribution in [1.82, 2.24) is 0 Å². The van der Waals surface area contributed by atoms with Crippen molar-refractivity contribution in [2.45, 2.75) is 31.8 Å². The number of rotatable bonds is 0. The lowest BCUT2D eigenvalue weighted by Gasteiger charge is -2.40. The van der Waals surface area contributed by atoms with Gasteiger partial charge in [0.25, 0.3) is 0 Å². The summed E-state index contributed by atoms with van der Waals surface area (Å²) in [4.78, 5) is 0. The third-order valence-corrected chi connectivity index (χ3v) is 2.40. The summed E-state index contributed by atoms with van der Waals surface area (Å²) in [6.07, 6.45) is 6.20. The van der Waals surface area contributed by atoms with E-state index in [0.29, 0.717) is 6.10 Å². The van der Waals surface area contributed by atoms with Gasteiger partial charge in [0.15, 0.2) is 0 Å². The van der Waals surface area contributed by atoms with Crippen LogP contribution in [0.15, 0.2) is 0 Å². The largest absolute Gasteiger partial charge is 0.378 e. The maximum atomic E-state index is 5.48. The summed E-state index contributed by atoms with van der Waals surface area (Å²) in [6.45, 7) is 1.03. The molecule has 1 nitrogen and oxygen atoms in total. The molecule has 0 aromatic heterocycles. The fourth-order valence-corrected chi connectivity index (χ4v) is 1.67. The average Bonchev–Trinajstić information content (AvgIpc) is 1.72. The van der Waals surface area contributed by atoms with E-state index in [4.69, 9.17) is 4.74 Å². The van der Waals surface area contributed by atoms with Gasteiger partial charge in [0.05, 0.1) is 6.10 Å². The van der Waals surface area contributed by atoms with Crippen LogP contribution in [-0.4, -0.2) is 12.7 Å². The zero-order valence-electron chi connectivity index (χ0n) is 5.10. The predicted octanol–water partition coefficient (Wildman–Crippen LogP) is 1.58. The Morgan fingerprint density at radius 3 is 2.50 bits per heavy atom. The van der Waals surface area contributed by atoms with Crippen LogP contribution in [0.5, 0.6) is 0 Å². The zero-order valence-corrected chi connectivity index (χ0v) is 5.10. The first-order valence-electron chi connectivity index (χ1n) is 3.58. The molecule has 46 valence electrons. The Morgan fingerprint density at radius 1 is 1.12 bits per heavy atom. The Labute approximate surface area is 50.0 Å². The second-order valence-corrected chi connectivity index (χ2v) is 2.89. The highest BCUT2D eigenvalue weighted by Crippen LogP contribution is 2.36. The smallest absolute Gasteiger partial charge is 0.0603 e. The lowest BCUT2D eigenvalue weighted by atomic mass is 9.77. The van der Waals surface area contributed by atoms with Gasteiger partial charge in [0, 0.05) is 6.61 Å². The molecule has 0 amide bonds. The van der Waals surface area contributed by atoms with Gasteiger partial charge in [0.2, 0.25) is 0 Å². The molecule has 0 bridgehead atoms. The second kappa shape index (κ2) is 1.73. The molecule has 1 heteroatoms. The first-order valence-corrected chi connectivity index (χ1v) is 3.58. The van der Waals surface area contributed by atoms with Gasteiger partial charge in [-0.05, 0) is 31.6 Å². The van der Waals surface area contributed by atoms with Crippen LogP contribution < -0.4 is 0 Å². The molecule has 1 heterocycles. The molecule has 1 saturated heterocycles. The van der Waals surface area contributed by atoms with E-state index in [1.807, 2.05) is 0 Å². The maximum absolute atomic E-state index is 5.48. The standard InChI is InChI=1S/C7H12O/c1-2-6-3-4-7(6)8-5-1/h6-7H,1-5H2/t6-,7+/m1/s1. The van der Waals surface area contributed by atoms with Gasteiger partial charge in [-0.15, -0.1) is 0 Å². The Balaban J connectivity index is 1.92. The summed E-state index contributed by atoms with van der Waals surface area (Å²) in [5, 5.41) is 0. The zero-order chi connectivity index (χ0) is 5.40. The molecule has 2 fully saturated rings. The number of hydrogen-bond acceptors (Lipinski definition) is 1. The highest BCUT2D eigenvalue weighted by atomic mass is 16.5. The van der Waals surface area contributed by atoms with Crippen molar-refractivity contribution in [1.29, 1.82) is 0 Å². The molecule has 2 atom stereocenters. The summed E-state index contributed by atoms with van der Waals surface area (Å²) in [5.41, 5.74) is 0. The van der Waals surface area contributed by atoms with Crippen LogP contribution in [0.2, 0.25) is 0 Å². The Kier molecular flexibility index (Phi) is 1.04. The molecule has 2 rings (SSSR count). The molecular weight excluding hydrogens is 100 g/mol. The van der Waals surface area contributed by atoms with E-state index < -0.39 is 0 Å². The quantitative estimate of drug-likeness (QED) is 0.462. The molecule has 0 unspecified atom stereocenters. The SMILES string of the molecule is C1CO[C@H]2CC[C@H]2C1. The van der Waals surface area contributed by atoms with Crippen molar-refractivity contribution < 1.29 is 4.74 Å². The molecule has 0 radical (unpaired) electrons. The minimum absolute atomic E-state index is 0.684. The second-order valence-electron chi connectivity index (χ2n) is 2.89. The van der Waals surface area contributed by atoms with E-state index in [1.165, 1.54) is 25.7 Å². The van der Waals surface area contributed by atoms with Gasteiger partial charge < -0.3 is 4.74 Å². The molecule has 0 N–H and O–H groups in total. The van der Waals surface area contributed by atoms with Crippen LogP contribution in [-0.2, 0) is 4.74 Å². The topological polar surface area (TPSA) is 9.23 Å². The van der Waals surface area contributed by atoms with E-state index in [-0.39, 0.29) is 0 Å². The number of ether oxygens (including phenoxy) is 1. The molecule has 2 aliphatic rings. The van der Waals surface area contributed by atoms with Gasteiger partial charge >= 0.3 is 0 Å². The fourth-order valence-electron chi connectivity index (χ4n) is 1.67. The first kappa shape index (κ1) is 4.80. The minimum Gasteiger partial charge on any atom is -0.378 e. The lowest BCUT2D eigenvalue weighted by Crippen LogP contribution is -2.37. The number of fused-ring (bicyclic) bond motifs is 1. The molecular formula is C7H12O. The highest BCUT2D eigenvalue weighted by molar-refractivity contribution is 4.83. The maximum Gasteiger partial charge on any atom is 0.0603 e. The van der Waals surface area contributed by atoms with Crippen LogP contribution in [0.25, 0.3) is 0 Å². The van der Waals surface area contributed by atoms with Crippen molar-refractivity contribution in [2.75, 3.05) is 6.61 Å². The van der Waals surface area contributed by atoms with Crippen molar-refractivity contribution in [3.63, 3.8) is 0 Å². The van der Waals surface area contributed by atoms with E-state index in [1.54, 1.807) is 0 Å². The summed E-state index contributed by atoms with van der Waals surface area (Å²) in [5.74, 6) is 0.962. The van der Waals surface area contributed by atoms with Crippen molar-refractivity contribution in [3.05, 3.63) is 0 Å². The summed E-state index contributed by atoms with van der Waals surface area (Å²) in [6, 6.07) is 0. The molecule has 1 saturated carbocycles. The van der Waals surface area contributed by atoms with Gasteiger partial charge in [-0.2, -0.15) is 0 Å². The first-order chi connectivity index (χ1) is 3.97. The third-order valence-electron chi connectivity index (χ3n) is 2.40. The normalized spacial score (nSPS) is 45.0. The fraction of sp³-hybridized carbons (Fsp3) is 1.00. The Hall–Kier alpha value is -0.0400. The molecule has 0 aromatic carbocycles. The Morgan fingerprint density at radius 2 is 2.12 bits per heavy atom. The van der Waals surface area contributed by atoms with Crippen molar-refractivity contribution >= 4 is 0 Å². The molecule has 0 aromatic rings. The Bertz CT molecular complexity index is 78.4. The van der Waals surface area contributed by atoms with E-state index in [2.05, 4.69) is 0 Å². The van der Waals surface area contributed by atoms with Crippen molar-refractivity contribution in [2.24, 2.45) is 5.92 Å². The molecule has 1 aliphatic carbocycles. The minimum atomic E-state index is 0.684. The molecule has 0 spiro atoms. The summed E-state index contributed by atoms with van der Waals surface area (Å²) >= 11 is 0. The number of hydrogen-bond donors (Lipinski definition) is 0. The summed E-state index contributed by atoms with van der Waals surface area (Å²) < 4.78 is 5.48. The van der Waals surface area contributed by atoms with Crippen molar-refractivity contribution in [3.8, 4) is 0 Å². The van der Waals surface area contributed by atoms with Crippen LogP contribution in [0.3, 0.4) is 0 Å². The van der Waals surface area contributed by atoms with Gasteiger partial charge in [-0.1, -0.05) is 0 Å². The summed E-state index contributed by atoms with van der Waals surface area (Å²) in [7, 11) is 0. The predicted molar refractivity (Wildman–Crippen MR) is 31.7 cm³/mol. The van der Waals surface area contributed by atoms with E-state index >= 15 is 0 Å². The third kappa shape index (κ3) is 0.576. The van der Waals surface area contributed by atoms with Crippen LogP contribution in [0.4, 0.5) is 0 Å². The van der Waals surface area contributed by atoms with Crippen LogP contribution in [0, 0.1) is 5.92 Å². The molecule has 8 heavy (non-hydrogen) atoms. The van der Waals surface area contributed by atoms with Crippen LogP contribution in [0.1, 0.15) is 25.7 Å². The lowest BCUT2D eigenvalue weighted by molar-refractivity contribution is -0.0821. The molecule has 1 aliphatic heterocycles. The van der Waals surface area contributed by atoms with Gasteiger partial charge in [-0.25, -0.2) is 0 Å². The van der Waals surface area contributed by atoms with Crippen LogP contribution >= 0.6 is 0 Å². The van der Waals surface area contributed by atoms with E-state index in [9.17, 15) is 0 Å². The highest BCUT2D eigenvalue weighted by Gasteiger charge is 2.33. The van der Waals surface area contributed by atoms with Gasteiger partial charge in [0.1, 0.15) is 0 Å². The monoisotopic (exact) mass is 112 g/mol. The van der Waals surface area contributed by atoms with Gasteiger partial charge in [-0.3, -0.25) is 0 Å². The van der Waals surface area contributed by atoms with E-state index in [0.717, 1.165) is 12.5 Å².